The highest BCUT2D eigenvalue weighted by Crippen LogP contribution is 2.16. The third kappa shape index (κ3) is 6.51. The molecule has 27 heavy (non-hydrogen) atoms. The lowest BCUT2D eigenvalue weighted by Crippen LogP contribution is -2.34. The van der Waals surface area contributed by atoms with Crippen molar-refractivity contribution in [3.05, 3.63) is 62.7 Å². The minimum Gasteiger partial charge on any atom is -0.361 e. The molecule has 0 aliphatic carbocycles. The number of nitrogens with zero attached hydrogens (tertiary/aromatic N) is 3. The standard InChI is InChI=1S/C12H16.C10H17N3OS/c1-2-3-4-6-9-12-10-7-5-8-11-12;1-6-11(3)8-7(2)9(15)13(5)10(14)12(8)4/h5-11H,2-4H2,1H3;6H2,1-5H3/b9-6+;. The average Bonchev–Trinajstić information content (AvgIpc) is 2.69. The van der Waals surface area contributed by atoms with Gasteiger partial charge in [-0.25, -0.2) is 4.79 Å². The summed E-state index contributed by atoms with van der Waals surface area (Å²) in [6.45, 7) is 7.05. The lowest BCUT2D eigenvalue weighted by Gasteiger charge is -2.23. The molecule has 1 aromatic carbocycles. The summed E-state index contributed by atoms with van der Waals surface area (Å²) in [6.07, 6.45) is 8.21. The molecule has 0 aliphatic heterocycles. The van der Waals surface area contributed by atoms with Crippen molar-refractivity contribution < 1.29 is 0 Å². The van der Waals surface area contributed by atoms with Gasteiger partial charge in [0.05, 0.1) is 0 Å². The number of benzene rings is 1. The average molecular weight is 388 g/mol. The second kappa shape index (κ2) is 11.5. The van der Waals surface area contributed by atoms with Gasteiger partial charge in [0.1, 0.15) is 10.5 Å². The highest BCUT2D eigenvalue weighted by Gasteiger charge is 2.11. The maximum absolute atomic E-state index is 11.8. The molecule has 0 N–H and O–H groups in total. The van der Waals surface area contributed by atoms with Crippen molar-refractivity contribution in [3.63, 3.8) is 0 Å². The van der Waals surface area contributed by atoms with Gasteiger partial charge in [0.15, 0.2) is 0 Å². The fourth-order valence-electron chi connectivity index (χ4n) is 2.80. The molecule has 0 radical (unpaired) electrons. The van der Waals surface area contributed by atoms with Gasteiger partial charge >= 0.3 is 5.69 Å². The molecule has 0 unspecified atom stereocenters. The molecule has 2 aromatic rings. The Hall–Kier alpha value is -2.14. The smallest absolute Gasteiger partial charge is 0.330 e. The van der Waals surface area contributed by atoms with E-state index in [4.69, 9.17) is 12.2 Å². The second-order valence-corrected chi connectivity index (χ2v) is 7.01. The first-order valence-electron chi connectivity index (χ1n) is 9.54. The Morgan fingerprint density at radius 1 is 1.11 bits per heavy atom. The largest absolute Gasteiger partial charge is 0.361 e. The molecule has 0 saturated carbocycles. The van der Waals surface area contributed by atoms with E-state index in [1.54, 1.807) is 18.7 Å². The van der Waals surface area contributed by atoms with E-state index in [0.29, 0.717) is 4.64 Å². The van der Waals surface area contributed by atoms with Crippen LogP contribution >= 0.6 is 12.2 Å². The molecule has 0 bridgehead atoms. The molecule has 0 spiro atoms. The number of hydrogen-bond donors (Lipinski definition) is 0. The summed E-state index contributed by atoms with van der Waals surface area (Å²) >= 11 is 5.22. The van der Waals surface area contributed by atoms with Crippen LogP contribution in [0, 0.1) is 11.6 Å². The lowest BCUT2D eigenvalue weighted by molar-refractivity contribution is 0.677. The molecule has 148 valence electrons. The van der Waals surface area contributed by atoms with Crippen LogP contribution in [0.1, 0.15) is 44.2 Å². The Labute approximate surface area is 168 Å². The molecule has 0 amide bonds. The molecular weight excluding hydrogens is 354 g/mol. The number of anilines is 1. The molecule has 4 nitrogen and oxygen atoms in total. The molecule has 1 heterocycles. The monoisotopic (exact) mass is 387 g/mol. The van der Waals surface area contributed by atoms with Gasteiger partial charge < -0.3 is 4.90 Å². The molecule has 2 rings (SSSR count). The van der Waals surface area contributed by atoms with Crippen molar-refractivity contribution in [1.29, 1.82) is 0 Å². The van der Waals surface area contributed by atoms with Crippen molar-refractivity contribution in [2.45, 2.75) is 40.0 Å². The Bertz CT molecular complexity index is 813. The van der Waals surface area contributed by atoms with Gasteiger partial charge in [-0.05, 0) is 25.8 Å². The van der Waals surface area contributed by atoms with Gasteiger partial charge in [-0.15, -0.1) is 0 Å². The quantitative estimate of drug-likeness (QED) is 0.510. The van der Waals surface area contributed by atoms with E-state index in [-0.39, 0.29) is 5.69 Å². The molecule has 0 saturated heterocycles. The van der Waals surface area contributed by atoms with E-state index < -0.39 is 0 Å². The zero-order chi connectivity index (χ0) is 20.4. The topological polar surface area (TPSA) is 30.2 Å². The van der Waals surface area contributed by atoms with E-state index in [9.17, 15) is 4.79 Å². The fourth-order valence-corrected chi connectivity index (χ4v) is 2.97. The first-order chi connectivity index (χ1) is 12.8. The van der Waals surface area contributed by atoms with Crippen LogP contribution in [-0.2, 0) is 14.1 Å². The summed E-state index contributed by atoms with van der Waals surface area (Å²) in [5.74, 6) is 0.894. The predicted octanol–water partition coefficient (Wildman–Crippen LogP) is 5.11. The molecule has 0 atom stereocenters. The van der Waals surface area contributed by atoms with Crippen LogP contribution in [0.5, 0.6) is 0 Å². The lowest BCUT2D eigenvalue weighted by atomic mass is 10.2. The first-order valence-corrected chi connectivity index (χ1v) is 9.95. The van der Waals surface area contributed by atoms with E-state index >= 15 is 0 Å². The maximum atomic E-state index is 11.8. The summed E-state index contributed by atoms with van der Waals surface area (Å²) in [5, 5.41) is 0. The minimum atomic E-state index is -0.0825. The van der Waals surface area contributed by atoms with Gasteiger partial charge in [-0.1, -0.05) is 74.5 Å². The third-order valence-electron chi connectivity index (χ3n) is 4.52. The first kappa shape index (κ1) is 22.9. The summed E-state index contributed by atoms with van der Waals surface area (Å²) < 4.78 is 3.74. The van der Waals surface area contributed by atoms with E-state index in [0.717, 1.165) is 17.9 Å². The van der Waals surface area contributed by atoms with Crippen molar-refractivity contribution in [3.8, 4) is 0 Å². The van der Waals surface area contributed by atoms with Crippen molar-refractivity contribution in [2.24, 2.45) is 14.1 Å². The molecule has 0 fully saturated rings. The minimum absolute atomic E-state index is 0.0825. The third-order valence-corrected chi connectivity index (χ3v) is 5.10. The van der Waals surface area contributed by atoms with Crippen LogP contribution in [0.25, 0.3) is 6.08 Å². The molecular formula is C22H33N3OS. The zero-order valence-corrected chi connectivity index (χ0v) is 18.3. The van der Waals surface area contributed by atoms with Gasteiger partial charge in [0.25, 0.3) is 0 Å². The summed E-state index contributed by atoms with van der Waals surface area (Å²) in [7, 11) is 5.43. The van der Waals surface area contributed by atoms with Crippen LogP contribution < -0.4 is 10.6 Å². The van der Waals surface area contributed by atoms with Crippen LogP contribution in [0.2, 0.25) is 0 Å². The molecule has 1 aromatic heterocycles. The second-order valence-electron chi connectivity index (χ2n) is 6.62. The van der Waals surface area contributed by atoms with Crippen LogP contribution in [0.15, 0.2) is 41.2 Å². The van der Waals surface area contributed by atoms with Crippen molar-refractivity contribution in [2.75, 3.05) is 18.5 Å². The van der Waals surface area contributed by atoms with Crippen LogP contribution in [-0.4, -0.2) is 22.7 Å². The van der Waals surface area contributed by atoms with Gasteiger partial charge in [0.2, 0.25) is 0 Å². The van der Waals surface area contributed by atoms with E-state index in [2.05, 4.69) is 43.3 Å². The van der Waals surface area contributed by atoms with E-state index in [1.807, 2.05) is 31.9 Å². The Kier molecular flexibility index (Phi) is 9.79. The molecule has 5 heteroatoms. The Morgan fingerprint density at radius 3 is 2.30 bits per heavy atom. The zero-order valence-electron chi connectivity index (χ0n) is 17.5. The summed E-state index contributed by atoms with van der Waals surface area (Å²) in [5.41, 5.74) is 2.19. The predicted molar refractivity (Wildman–Crippen MR) is 120 cm³/mol. The number of hydrogen-bond acceptors (Lipinski definition) is 3. The van der Waals surface area contributed by atoms with E-state index in [1.165, 1.54) is 29.4 Å². The van der Waals surface area contributed by atoms with Crippen LogP contribution in [0.3, 0.4) is 0 Å². The highest BCUT2D eigenvalue weighted by atomic mass is 32.1. The summed E-state index contributed by atoms with van der Waals surface area (Å²) in [4.78, 5) is 13.8. The Morgan fingerprint density at radius 2 is 1.74 bits per heavy atom. The van der Waals surface area contributed by atoms with Gasteiger partial charge in [0, 0.05) is 33.3 Å². The fraction of sp³-hybridized carbons (Fsp3) is 0.455. The van der Waals surface area contributed by atoms with Crippen LogP contribution in [0.4, 0.5) is 5.82 Å². The SMILES string of the molecule is CCCC/C=C/c1ccccc1.CCN(C)c1c(C)c(=S)n(C)c(=O)n1C. The van der Waals surface area contributed by atoms with Crippen molar-refractivity contribution >= 4 is 24.1 Å². The number of rotatable bonds is 6. The number of unbranched alkanes of at least 4 members (excludes halogenated alkanes) is 2. The molecule has 0 aliphatic rings. The number of allylic oxidation sites excluding steroid dienone is 1. The normalized spacial score (nSPS) is 10.6. The summed E-state index contributed by atoms with van der Waals surface area (Å²) in [6, 6.07) is 10.4. The van der Waals surface area contributed by atoms with Gasteiger partial charge in [-0.2, -0.15) is 0 Å². The van der Waals surface area contributed by atoms with Gasteiger partial charge in [-0.3, -0.25) is 9.13 Å². The Balaban J connectivity index is 0.000000277. The number of aromatic nitrogens is 2. The highest BCUT2D eigenvalue weighted by molar-refractivity contribution is 7.71. The maximum Gasteiger partial charge on any atom is 0.330 e. The van der Waals surface area contributed by atoms with Crippen molar-refractivity contribution in [1.82, 2.24) is 9.13 Å².